The Morgan fingerprint density at radius 3 is 2.50 bits per heavy atom. The zero-order chi connectivity index (χ0) is 21.7. The minimum Gasteiger partial charge on any atom is -0.329 e. The van der Waals surface area contributed by atoms with Crippen molar-refractivity contribution in [2.45, 2.75) is 45.6 Å². The summed E-state index contributed by atoms with van der Waals surface area (Å²) in [4.78, 5) is 32.9. The van der Waals surface area contributed by atoms with E-state index in [9.17, 15) is 9.59 Å². The number of hydrogen-bond acceptors (Lipinski definition) is 3. The van der Waals surface area contributed by atoms with Crippen LogP contribution >= 0.6 is 15.9 Å². The van der Waals surface area contributed by atoms with E-state index in [1.165, 1.54) is 0 Å². The topological polar surface area (TPSA) is 55.2 Å². The monoisotopic (exact) mass is 469 g/mol. The first-order valence-corrected chi connectivity index (χ1v) is 11.3. The fraction of sp³-hybridized carbons (Fsp3) is 0.375. The minimum absolute atomic E-state index is 0.0473. The third-order valence-electron chi connectivity index (χ3n) is 5.46. The number of unbranched alkanes of at least 4 members (excludes halogenated alkanes) is 3. The van der Waals surface area contributed by atoms with E-state index in [-0.39, 0.29) is 17.5 Å². The first kappa shape index (κ1) is 22.2. The van der Waals surface area contributed by atoms with Gasteiger partial charge in [0.05, 0.1) is 16.9 Å². The van der Waals surface area contributed by atoms with Gasteiger partial charge in [0.15, 0.2) is 0 Å². The molecule has 1 aromatic heterocycles. The number of para-hydroxylation sites is 1. The molecule has 1 amide bonds. The van der Waals surface area contributed by atoms with Crippen molar-refractivity contribution in [2.24, 2.45) is 7.05 Å². The molecule has 0 radical (unpaired) electrons. The van der Waals surface area contributed by atoms with Crippen LogP contribution in [0.15, 0.2) is 57.8 Å². The highest BCUT2D eigenvalue weighted by Gasteiger charge is 2.26. The van der Waals surface area contributed by atoms with Crippen molar-refractivity contribution in [3.05, 3.63) is 74.7 Å². The number of carbonyl (C=O) groups is 1. The molecule has 6 heteroatoms. The van der Waals surface area contributed by atoms with E-state index in [4.69, 9.17) is 4.98 Å². The highest BCUT2D eigenvalue weighted by Crippen LogP contribution is 2.23. The Morgan fingerprint density at radius 1 is 1.10 bits per heavy atom. The predicted molar refractivity (Wildman–Crippen MR) is 125 cm³/mol. The fourth-order valence-electron chi connectivity index (χ4n) is 3.69. The Balaban J connectivity index is 1.98. The Hall–Kier alpha value is -2.47. The number of benzene rings is 2. The lowest BCUT2D eigenvalue weighted by molar-refractivity contribution is 0.0676. The maximum atomic E-state index is 13.4. The summed E-state index contributed by atoms with van der Waals surface area (Å²) in [6, 6.07) is 14.4. The van der Waals surface area contributed by atoms with Gasteiger partial charge in [-0.05, 0) is 49.7 Å². The number of amides is 1. The lowest BCUT2D eigenvalue weighted by Gasteiger charge is -2.30. The summed E-state index contributed by atoms with van der Waals surface area (Å²) in [5.41, 5.74) is 1.19. The van der Waals surface area contributed by atoms with Crippen molar-refractivity contribution in [2.75, 3.05) is 6.54 Å². The second-order valence-corrected chi connectivity index (χ2v) is 8.51. The Labute approximate surface area is 185 Å². The molecule has 3 rings (SSSR count). The fourth-order valence-corrected chi connectivity index (χ4v) is 3.95. The van der Waals surface area contributed by atoms with Gasteiger partial charge in [0, 0.05) is 23.6 Å². The lowest BCUT2D eigenvalue weighted by Crippen LogP contribution is -2.38. The molecular formula is C24H28BrN3O2. The van der Waals surface area contributed by atoms with Crippen molar-refractivity contribution in [3.8, 4) is 0 Å². The van der Waals surface area contributed by atoms with Crippen molar-refractivity contribution in [1.82, 2.24) is 14.5 Å². The number of aromatic nitrogens is 2. The van der Waals surface area contributed by atoms with Gasteiger partial charge < -0.3 is 4.90 Å². The van der Waals surface area contributed by atoms with Gasteiger partial charge in [0.25, 0.3) is 11.5 Å². The number of nitrogens with zero attached hydrogens (tertiary/aromatic N) is 3. The van der Waals surface area contributed by atoms with Gasteiger partial charge in [-0.25, -0.2) is 4.98 Å². The number of carbonyl (C=O) groups excluding carboxylic acids is 1. The van der Waals surface area contributed by atoms with Crippen molar-refractivity contribution < 1.29 is 4.79 Å². The van der Waals surface area contributed by atoms with Crippen LogP contribution in [0.2, 0.25) is 0 Å². The van der Waals surface area contributed by atoms with Crippen LogP contribution in [0, 0.1) is 0 Å². The molecule has 5 nitrogen and oxygen atoms in total. The molecule has 3 aromatic rings. The summed E-state index contributed by atoms with van der Waals surface area (Å²) in [6.07, 6.45) is 4.26. The first-order chi connectivity index (χ1) is 14.4. The Kier molecular flexibility index (Phi) is 7.43. The van der Waals surface area contributed by atoms with Gasteiger partial charge >= 0.3 is 0 Å². The second kappa shape index (κ2) is 10.0. The standard InChI is InChI=1S/C24H28BrN3O2/c1-4-5-6-9-16-28(23(29)18-12-14-19(25)15-13-18)17(2)22-26-21-11-8-7-10-20(21)24(30)27(22)3/h7-8,10-15,17H,4-6,9,16H2,1-3H3. The zero-order valence-electron chi connectivity index (χ0n) is 17.8. The molecule has 0 aliphatic rings. The summed E-state index contributed by atoms with van der Waals surface area (Å²) in [6.45, 7) is 4.74. The maximum absolute atomic E-state index is 13.4. The molecular weight excluding hydrogens is 442 g/mol. The van der Waals surface area contributed by atoms with Crippen LogP contribution in [0.25, 0.3) is 10.9 Å². The van der Waals surface area contributed by atoms with Crippen LogP contribution in [0.3, 0.4) is 0 Å². The second-order valence-electron chi connectivity index (χ2n) is 7.59. The van der Waals surface area contributed by atoms with Crippen LogP contribution < -0.4 is 5.56 Å². The molecule has 30 heavy (non-hydrogen) atoms. The maximum Gasteiger partial charge on any atom is 0.261 e. The third-order valence-corrected chi connectivity index (χ3v) is 5.99. The third kappa shape index (κ3) is 4.81. The average molecular weight is 470 g/mol. The summed E-state index contributed by atoms with van der Waals surface area (Å²) in [5.74, 6) is 0.550. The van der Waals surface area contributed by atoms with E-state index >= 15 is 0 Å². The molecule has 0 spiro atoms. The van der Waals surface area contributed by atoms with Gasteiger partial charge in [-0.2, -0.15) is 0 Å². The summed E-state index contributed by atoms with van der Waals surface area (Å²) in [5, 5.41) is 0.588. The van der Waals surface area contributed by atoms with Gasteiger partial charge in [0.2, 0.25) is 0 Å². The largest absolute Gasteiger partial charge is 0.329 e. The van der Waals surface area contributed by atoms with E-state index < -0.39 is 0 Å². The molecule has 0 saturated heterocycles. The van der Waals surface area contributed by atoms with Crippen LogP contribution in [0.4, 0.5) is 0 Å². The highest BCUT2D eigenvalue weighted by molar-refractivity contribution is 9.10. The molecule has 0 saturated carbocycles. The van der Waals surface area contributed by atoms with Crippen LogP contribution in [-0.2, 0) is 7.05 Å². The van der Waals surface area contributed by atoms with Gasteiger partial charge in [-0.1, -0.05) is 54.2 Å². The normalized spacial score (nSPS) is 12.1. The molecule has 1 unspecified atom stereocenters. The van der Waals surface area contributed by atoms with E-state index in [0.717, 1.165) is 30.2 Å². The van der Waals surface area contributed by atoms with Crippen LogP contribution in [-0.4, -0.2) is 26.9 Å². The molecule has 1 atom stereocenters. The summed E-state index contributed by atoms with van der Waals surface area (Å²) < 4.78 is 2.50. The van der Waals surface area contributed by atoms with E-state index in [0.29, 0.717) is 28.8 Å². The Morgan fingerprint density at radius 2 is 1.80 bits per heavy atom. The van der Waals surface area contributed by atoms with E-state index in [1.54, 1.807) is 17.7 Å². The number of halogens is 1. The lowest BCUT2D eigenvalue weighted by atomic mass is 10.1. The van der Waals surface area contributed by atoms with E-state index in [1.807, 2.05) is 54.3 Å². The number of hydrogen-bond donors (Lipinski definition) is 0. The molecule has 0 N–H and O–H groups in total. The highest BCUT2D eigenvalue weighted by atomic mass is 79.9. The zero-order valence-corrected chi connectivity index (χ0v) is 19.4. The number of fused-ring (bicyclic) bond motifs is 1. The quantitative estimate of drug-likeness (QED) is 0.410. The average Bonchev–Trinajstić information content (AvgIpc) is 2.76. The molecule has 158 valence electrons. The molecule has 0 fully saturated rings. The minimum atomic E-state index is -0.329. The molecule has 2 aromatic carbocycles. The van der Waals surface area contributed by atoms with Gasteiger partial charge in [0.1, 0.15) is 5.82 Å². The molecule has 0 aliphatic carbocycles. The Bertz CT molecular complexity index is 1080. The molecule has 1 heterocycles. The van der Waals surface area contributed by atoms with Crippen LogP contribution in [0.1, 0.15) is 61.8 Å². The van der Waals surface area contributed by atoms with Crippen molar-refractivity contribution in [3.63, 3.8) is 0 Å². The number of rotatable bonds is 8. The first-order valence-electron chi connectivity index (χ1n) is 10.5. The van der Waals surface area contributed by atoms with Gasteiger partial charge in [-0.3, -0.25) is 14.2 Å². The SMILES string of the molecule is CCCCCCN(C(=O)c1ccc(Br)cc1)C(C)c1nc2ccccc2c(=O)n1C. The smallest absolute Gasteiger partial charge is 0.261 e. The van der Waals surface area contributed by atoms with Crippen molar-refractivity contribution >= 4 is 32.7 Å². The molecule has 0 bridgehead atoms. The summed E-state index contributed by atoms with van der Waals surface area (Å²) in [7, 11) is 1.73. The van der Waals surface area contributed by atoms with Crippen molar-refractivity contribution in [1.29, 1.82) is 0 Å². The summed E-state index contributed by atoms with van der Waals surface area (Å²) >= 11 is 3.42. The van der Waals surface area contributed by atoms with E-state index in [2.05, 4.69) is 22.9 Å². The van der Waals surface area contributed by atoms with Crippen LogP contribution in [0.5, 0.6) is 0 Å². The van der Waals surface area contributed by atoms with Gasteiger partial charge in [-0.15, -0.1) is 0 Å². The molecule has 0 aliphatic heterocycles. The predicted octanol–water partition coefficient (Wildman–Crippen LogP) is 5.48.